The summed E-state index contributed by atoms with van der Waals surface area (Å²) in [4.78, 5) is 23.0. The van der Waals surface area contributed by atoms with Gasteiger partial charge in [-0.1, -0.05) is 17.7 Å². The second-order valence-corrected chi connectivity index (χ2v) is 5.08. The predicted molar refractivity (Wildman–Crippen MR) is 85.1 cm³/mol. The first kappa shape index (κ1) is 15.9. The highest BCUT2D eigenvalue weighted by Crippen LogP contribution is 2.17. The predicted octanol–water partition coefficient (Wildman–Crippen LogP) is 2.84. The fourth-order valence-corrected chi connectivity index (χ4v) is 1.96. The molecule has 0 spiro atoms. The van der Waals surface area contributed by atoms with Crippen LogP contribution in [0.2, 0.25) is 5.02 Å². The van der Waals surface area contributed by atoms with Crippen molar-refractivity contribution in [2.45, 2.75) is 13.0 Å². The minimum absolute atomic E-state index is 0.304. The minimum atomic E-state index is -0.710. The summed E-state index contributed by atoms with van der Waals surface area (Å²) in [5.74, 6) is -0.349. The number of anilines is 1. The van der Waals surface area contributed by atoms with Gasteiger partial charge >= 0.3 is 0 Å². The van der Waals surface area contributed by atoms with Gasteiger partial charge in [-0.25, -0.2) is 0 Å². The van der Waals surface area contributed by atoms with Crippen LogP contribution in [-0.2, 0) is 4.79 Å². The quantitative estimate of drug-likeness (QED) is 0.889. The number of rotatable bonds is 5. The van der Waals surface area contributed by atoms with E-state index < -0.39 is 12.0 Å². The molecule has 2 aromatic rings. The van der Waals surface area contributed by atoms with Crippen molar-refractivity contribution in [1.82, 2.24) is 0 Å². The molecule has 0 aliphatic rings. The molecule has 0 saturated heterocycles. The van der Waals surface area contributed by atoms with E-state index >= 15 is 0 Å². The summed E-state index contributed by atoms with van der Waals surface area (Å²) in [5.41, 5.74) is 6.13. The first-order chi connectivity index (χ1) is 10.5. The number of ether oxygens (including phenoxy) is 1. The molecule has 3 N–H and O–H groups in total. The average Bonchev–Trinajstić information content (AvgIpc) is 2.47. The van der Waals surface area contributed by atoms with Crippen LogP contribution in [0.1, 0.15) is 17.3 Å². The first-order valence-electron chi connectivity index (χ1n) is 6.58. The number of primary amides is 1. The summed E-state index contributed by atoms with van der Waals surface area (Å²) in [6.07, 6.45) is -0.710. The summed E-state index contributed by atoms with van der Waals surface area (Å²) >= 11 is 5.86. The van der Waals surface area contributed by atoms with Gasteiger partial charge in [-0.15, -0.1) is 0 Å². The number of nitrogens with one attached hydrogen (secondary N) is 1. The van der Waals surface area contributed by atoms with E-state index in [0.717, 1.165) is 0 Å². The van der Waals surface area contributed by atoms with E-state index in [-0.39, 0.29) is 5.91 Å². The lowest BCUT2D eigenvalue weighted by molar-refractivity contribution is -0.122. The zero-order chi connectivity index (χ0) is 16.1. The van der Waals surface area contributed by atoms with Crippen molar-refractivity contribution in [3.05, 3.63) is 59.1 Å². The van der Waals surface area contributed by atoms with Crippen molar-refractivity contribution < 1.29 is 14.3 Å². The van der Waals surface area contributed by atoms with Gasteiger partial charge in [-0.2, -0.15) is 0 Å². The maximum atomic E-state index is 12.0. The van der Waals surface area contributed by atoms with Gasteiger partial charge in [0, 0.05) is 16.3 Å². The lowest BCUT2D eigenvalue weighted by atomic mass is 10.2. The Morgan fingerprint density at radius 1 is 1.18 bits per heavy atom. The summed E-state index contributed by atoms with van der Waals surface area (Å²) in [5, 5.41) is 3.25. The summed E-state index contributed by atoms with van der Waals surface area (Å²) < 4.78 is 5.52. The average molecular weight is 319 g/mol. The standard InChI is InChI=1S/C16H15ClN2O3/c1-10(16(21)19-13-4-2-3-12(17)9-13)22-14-7-5-11(6-8-14)15(18)20/h2-10H,1H3,(H2,18,20)(H,19,21). The minimum Gasteiger partial charge on any atom is -0.481 e. The highest BCUT2D eigenvalue weighted by molar-refractivity contribution is 6.30. The van der Waals surface area contributed by atoms with Crippen molar-refractivity contribution in [2.75, 3.05) is 5.32 Å². The lowest BCUT2D eigenvalue weighted by Gasteiger charge is -2.15. The lowest BCUT2D eigenvalue weighted by Crippen LogP contribution is -2.30. The normalized spacial score (nSPS) is 11.5. The van der Waals surface area contributed by atoms with Crippen molar-refractivity contribution in [1.29, 1.82) is 0 Å². The van der Waals surface area contributed by atoms with Gasteiger partial charge in [0.15, 0.2) is 6.10 Å². The van der Waals surface area contributed by atoms with Crippen LogP contribution in [0.3, 0.4) is 0 Å². The largest absolute Gasteiger partial charge is 0.481 e. The number of hydrogen-bond acceptors (Lipinski definition) is 3. The van der Waals surface area contributed by atoms with Crippen molar-refractivity contribution in [2.24, 2.45) is 5.73 Å². The second kappa shape index (κ2) is 6.95. The Labute approximate surface area is 133 Å². The number of nitrogens with two attached hydrogens (primary N) is 1. The maximum Gasteiger partial charge on any atom is 0.265 e. The van der Waals surface area contributed by atoms with Crippen LogP contribution < -0.4 is 15.8 Å². The van der Waals surface area contributed by atoms with Gasteiger partial charge in [0.05, 0.1) is 0 Å². The SMILES string of the molecule is CC(Oc1ccc(C(N)=O)cc1)C(=O)Nc1cccc(Cl)c1. The van der Waals surface area contributed by atoms with Crippen LogP contribution in [-0.4, -0.2) is 17.9 Å². The molecule has 0 radical (unpaired) electrons. The van der Waals surface area contributed by atoms with Gasteiger partial charge in [0.25, 0.3) is 5.91 Å². The first-order valence-corrected chi connectivity index (χ1v) is 6.96. The smallest absolute Gasteiger partial charge is 0.265 e. The summed E-state index contributed by atoms with van der Waals surface area (Å²) in [6, 6.07) is 13.1. The van der Waals surface area contributed by atoms with Crippen LogP contribution in [0.5, 0.6) is 5.75 Å². The molecule has 2 aromatic carbocycles. The van der Waals surface area contributed by atoms with E-state index in [1.54, 1.807) is 55.5 Å². The van der Waals surface area contributed by atoms with E-state index in [1.807, 2.05) is 0 Å². The molecule has 0 aliphatic heterocycles. The molecule has 22 heavy (non-hydrogen) atoms. The second-order valence-electron chi connectivity index (χ2n) is 4.65. The molecule has 1 atom stereocenters. The molecular formula is C16H15ClN2O3. The Morgan fingerprint density at radius 2 is 1.86 bits per heavy atom. The Morgan fingerprint density at radius 3 is 2.45 bits per heavy atom. The van der Waals surface area contributed by atoms with Crippen LogP contribution in [0, 0.1) is 0 Å². The number of carbonyl (C=O) groups excluding carboxylic acids is 2. The monoisotopic (exact) mass is 318 g/mol. The topological polar surface area (TPSA) is 81.4 Å². The third kappa shape index (κ3) is 4.23. The Balaban J connectivity index is 1.97. The zero-order valence-corrected chi connectivity index (χ0v) is 12.6. The molecule has 0 aromatic heterocycles. The van der Waals surface area contributed by atoms with E-state index in [0.29, 0.717) is 22.0 Å². The Hall–Kier alpha value is -2.53. The molecule has 114 valence electrons. The van der Waals surface area contributed by atoms with Gasteiger partial charge in [0.1, 0.15) is 5.75 Å². The van der Waals surface area contributed by atoms with Crippen molar-refractivity contribution in [3.63, 3.8) is 0 Å². The Kier molecular flexibility index (Phi) is 5.01. The van der Waals surface area contributed by atoms with Gasteiger partial charge < -0.3 is 15.8 Å². The molecule has 0 bridgehead atoms. The fraction of sp³-hybridized carbons (Fsp3) is 0.125. The van der Waals surface area contributed by atoms with E-state index in [1.165, 1.54) is 0 Å². The van der Waals surface area contributed by atoms with Gasteiger partial charge in [-0.05, 0) is 49.4 Å². The zero-order valence-electron chi connectivity index (χ0n) is 11.9. The molecule has 2 amide bonds. The molecule has 2 rings (SSSR count). The highest BCUT2D eigenvalue weighted by atomic mass is 35.5. The molecule has 1 unspecified atom stereocenters. The highest BCUT2D eigenvalue weighted by Gasteiger charge is 2.15. The number of benzene rings is 2. The Bertz CT molecular complexity index is 686. The third-order valence-electron chi connectivity index (χ3n) is 2.91. The molecule has 0 saturated carbocycles. The van der Waals surface area contributed by atoms with E-state index in [4.69, 9.17) is 22.1 Å². The molecule has 6 heteroatoms. The number of hydrogen-bond donors (Lipinski definition) is 2. The molecule has 0 fully saturated rings. The maximum absolute atomic E-state index is 12.0. The molecule has 0 aliphatic carbocycles. The third-order valence-corrected chi connectivity index (χ3v) is 3.15. The fourth-order valence-electron chi connectivity index (χ4n) is 1.77. The molecule has 0 heterocycles. The van der Waals surface area contributed by atoms with Crippen molar-refractivity contribution in [3.8, 4) is 5.75 Å². The molecule has 5 nitrogen and oxygen atoms in total. The summed E-state index contributed by atoms with van der Waals surface area (Å²) in [6.45, 7) is 1.63. The van der Waals surface area contributed by atoms with E-state index in [9.17, 15) is 9.59 Å². The van der Waals surface area contributed by atoms with Crippen LogP contribution in [0.15, 0.2) is 48.5 Å². The number of carbonyl (C=O) groups is 2. The van der Waals surface area contributed by atoms with E-state index in [2.05, 4.69) is 5.32 Å². The number of amides is 2. The number of halogens is 1. The summed E-state index contributed by atoms with van der Waals surface area (Å²) in [7, 11) is 0. The molecular weight excluding hydrogens is 304 g/mol. The van der Waals surface area contributed by atoms with Gasteiger partial charge in [0.2, 0.25) is 5.91 Å². The van der Waals surface area contributed by atoms with Crippen LogP contribution >= 0.6 is 11.6 Å². The van der Waals surface area contributed by atoms with Crippen LogP contribution in [0.4, 0.5) is 5.69 Å². The van der Waals surface area contributed by atoms with Crippen LogP contribution in [0.25, 0.3) is 0 Å². The van der Waals surface area contributed by atoms with Gasteiger partial charge in [-0.3, -0.25) is 9.59 Å². The van der Waals surface area contributed by atoms with Crippen molar-refractivity contribution >= 4 is 29.1 Å².